The van der Waals surface area contributed by atoms with E-state index in [9.17, 15) is 4.79 Å². The third kappa shape index (κ3) is 4.02. The molecular weight excluding hydrogens is 406 g/mol. The molecule has 4 rings (SSSR count). The summed E-state index contributed by atoms with van der Waals surface area (Å²) in [4.78, 5) is 20.6. The van der Waals surface area contributed by atoms with Crippen LogP contribution in [-0.4, -0.2) is 42.7 Å². The predicted molar refractivity (Wildman–Crippen MR) is 112 cm³/mol. The molecule has 0 unspecified atom stereocenters. The second-order valence-corrected chi connectivity index (χ2v) is 7.20. The van der Waals surface area contributed by atoms with Gasteiger partial charge in [-0.2, -0.15) is 0 Å². The molecule has 7 nitrogen and oxygen atoms in total. The molecule has 30 heavy (non-hydrogen) atoms. The Morgan fingerprint density at radius 1 is 1.13 bits per heavy atom. The summed E-state index contributed by atoms with van der Waals surface area (Å²) in [5.41, 5.74) is 3.28. The molecule has 0 radical (unpaired) electrons. The van der Waals surface area contributed by atoms with Crippen LogP contribution >= 0.6 is 11.6 Å². The average Bonchev–Trinajstić information content (AvgIpc) is 3.21. The molecule has 1 atom stereocenters. The first-order valence-electron chi connectivity index (χ1n) is 9.33. The van der Waals surface area contributed by atoms with Crippen LogP contribution in [0, 0.1) is 0 Å². The number of halogens is 1. The lowest BCUT2D eigenvalue weighted by Gasteiger charge is -2.13. The molecule has 1 N–H and O–H groups in total. The number of nitrogens with one attached hydrogen (secondary N) is 1. The van der Waals surface area contributed by atoms with Crippen LogP contribution in [0.3, 0.4) is 0 Å². The standard InChI is InChI=1S/C22H20ClN3O4/c1-28-19-4-3-13(8-20(19)29-2)22(27)26-11-17-6-15-5-14(7-18(23)21(15)30-17)16-9-24-12-25-10-16/h3-5,7-10,12,17H,6,11H2,1-2H3,(H,26,27)/t17-/m1/s1. The maximum atomic E-state index is 12.5. The Bertz CT molecular complexity index is 1080. The van der Waals surface area contributed by atoms with Crippen molar-refractivity contribution in [2.45, 2.75) is 12.5 Å². The van der Waals surface area contributed by atoms with Crippen molar-refractivity contribution in [1.82, 2.24) is 15.3 Å². The lowest BCUT2D eigenvalue weighted by molar-refractivity contribution is 0.0933. The van der Waals surface area contributed by atoms with E-state index in [1.807, 2.05) is 12.1 Å². The molecule has 0 saturated heterocycles. The molecule has 1 amide bonds. The van der Waals surface area contributed by atoms with Crippen molar-refractivity contribution >= 4 is 17.5 Å². The quantitative estimate of drug-likeness (QED) is 0.650. The zero-order valence-corrected chi connectivity index (χ0v) is 17.3. The van der Waals surface area contributed by atoms with Crippen molar-refractivity contribution in [3.8, 4) is 28.4 Å². The fourth-order valence-electron chi connectivity index (χ4n) is 3.40. The van der Waals surface area contributed by atoms with Crippen molar-refractivity contribution in [1.29, 1.82) is 0 Å². The zero-order chi connectivity index (χ0) is 21.1. The molecule has 0 saturated carbocycles. The summed E-state index contributed by atoms with van der Waals surface area (Å²) in [5.74, 6) is 1.50. The zero-order valence-electron chi connectivity index (χ0n) is 16.5. The number of ether oxygens (including phenoxy) is 3. The minimum Gasteiger partial charge on any atom is -0.493 e. The first-order chi connectivity index (χ1) is 14.6. The van der Waals surface area contributed by atoms with E-state index >= 15 is 0 Å². The van der Waals surface area contributed by atoms with Crippen LogP contribution in [0.4, 0.5) is 0 Å². The van der Waals surface area contributed by atoms with Gasteiger partial charge in [0.05, 0.1) is 25.8 Å². The van der Waals surface area contributed by atoms with Crippen molar-refractivity contribution in [2.24, 2.45) is 0 Å². The van der Waals surface area contributed by atoms with E-state index in [2.05, 4.69) is 15.3 Å². The maximum absolute atomic E-state index is 12.5. The minimum absolute atomic E-state index is 0.205. The van der Waals surface area contributed by atoms with Gasteiger partial charge in [-0.15, -0.1) is 0 Å². The first-order valence-corrected chi connectivity index (χ1v) is 9.71. The number of hydrogen-bond donors (Lipinski definition) is 1. The summed E-state index contributed by atoms with van der Waals surface area (Å²) in [7, 11) is 3.08. The second kappa shape index (κ2) is 8.59. The van der Waals surface area contributed by atoms with Gasteiger partial charge in [0.1, 0.15) is 18.2 Å². The van der Waals surface area contributed by atoms with Gasteiger partial charge in [-0.25, -0.2) is 9.97 Å². The highest BCUT2D eigenvalue weighted by Crippen LogP contribution is 2.39. The molecule has 2 aromatic carbocycles. The van der Waals surface area contributed by atoms with Gasteiger partial charge in [0, 0.05) is 35.5 Å². The van der Waals surface area contributed by atoms with Crippen LogP contribution in [0.1, 0.15) is 15.9 Å². The third-order valence-electron chi connectivity index (χ3n) is 4.88. The number of hydrogen-bond acceptors (Lipinski definition) is 6. The highest BCUT2D eigenvalue weighted by atomic mass is 35.5. The van der Waals surface area contributed by atoms with Gasteiger partial charge < -0.3 is 19.5 Å². The van der Waals surface area contributed by atoms with E-state index in [-0.39, 0.29) is 12.0 Å². The first kappa shape index (κ1) is 20.0. The molecule has 2 heterocycles. The number of carbonyl (C=O) groups excluding carboxylic acids is 1. The Balaban J connectivity index is 1.43. The summed E-state index contributed by atoms with van der Waals surface area (Å²) in [6, 6.07) is 8.89. The van der Waals surface area contributed by atoms with Gasteiger partial charge in [0.2, 0.25) is 0 Å². The van der Waals surface area contributed by atoms with Crippen molar-refractivity contribution < 1.29 is 19.0 Å². The van der Waals surface area contributed by atoms with E-state index in [1.54, 1.807) is 37.7 Å². The van der Waals surface area contributed by atoms with Gasteiger partial charge in [0.25, 0.3) is 5.91 Å². The lowest BCUT2D eigenvalue weighted by Crippen LogP contribution is -2.34. The Morgan fingerprint density at radius 2 is 1.90 bits per heavy atom. The molecule has 1 aliphatic heterocycles. The minimum atomic E-state index is -0.219. The van der Waals surface area contributed by atoms with E-state index in [0.29, 0.717) is 40.8 Å². The Morgan fingerprint density at radius 3 is 2.63 bits per heavy atom. The van der Waals surface area contributed by atoms with E-state index in [0.717, 1.165) is 16.7 Å². The summed E-state index contributed by atoms with van der Waals surface area (Å²) in [5, 5.41) is 3.43. The second-order valence-electron chi connectivity index (χ2n) is 6.80. The molecule has 154 valence electrons. The van der Waals surface area contributed by atoms with Crippen molar-refractivity contribution in [2.75, 3.05) is 20.8 Å². The molecule has 0 aliphatic carbocycles. The molecule has 0 bridgehead atoms. The fourth-order valence-corrected chi connectivity index (χ4v) is 3.69. The molecule has 0 fully saturated rings. The monoisotopic (exact) mass is 425 g/mol. The maximum Gasteiger partial charge on any atom is 0.251 e. The largest absolute Gasteiger partial charge is 0.493 e. The van der Waals surface area contributed by atoms with Crippen molar-refractivity contribution in [3.63, 3.8) is 0 Å². The number of carbonyl (C=O) groups is 1. The summed E-state index contributed by atoms with van der Waals surface area (Å²) < 4.78 is 16.4. The summed E-state index contributed by atoms with van der Waals surface area (Å²) in [6.45, 7) is 0.349. The fraction of sp³-hybridized carbons (Fsp3) is 0.227. The molecule has 1 aliphatic rings. The van der Waals surface area contributed by atoms with Gasteiger partial charge in [-0.1, -0.05) is 11.6 Å². The summed E-state index contributed by atoms with van der Waals surface area (Å²) in [6.07, 6.45) is 5.40. The molecule has 0 spiro atoms. The topological polar surface area (TPSA) is 82.6 Å². The average molecular weight is 426 g/mol. The number of benzene rings is 2. The third-order valence-corrected chi connectivity index (χ3v) is 5.16. The van der Waals surface area contributed by atoms with Crippen LogP contribution in [0.5, 0.6) is 17.2 Å². The highest BCUT2D eigenvalue weighted by Gasteiger charge is 2.26. The predicted octanol–water partition coefficient (Wildman–Crippen LogP) is 3.55. The Hall–Kier alpha value is -3.32. The number of nitrogens with zero attached hydrogens (tertiary/aromatic N) is 2. The highest BCUT2D eigenvalue weighted by molar-refractivity contribution is 6.32. The normalized spacial score (nSPS) is 14.6. The number of methoxy groups -OCH3 is 2. The molecular formula is C22H20ClN3O4. The number of fused-ring (bicyclic) bond motifs is 1. The smallest absolute Gasteiger partial charge is 0.251 e. The Labute approximate surface area is 179 Å². The molecule has 1 aromatic heterocycles. The number of aromatic nitrogens is 2. The van der Waals surface area contributed by atoms with Gasteiger partial charge in [-0.05, 0) is 35.9 Å². The van der Waals surface area contributed by atoms with E-state index in [4.69, 9.17) is 25.8 Å². The van der Waals surface area contributed by atoms with Crippen LogP contribution in [-0.2, 0) is 6.42 Å². The SMILES string of the molecule is COc1ccc(C(=O)NC[C@H]2Cc3cc(-c4cncnc4)cc(Cl)c3O2)cc1OC. The van der Waals surface area contributed by atoms with Gasteiger partial charge >= 0.3 is 0 Å². The number of rotatable bonds is 6. The van der Waals surface area contributed by atoms with Crippen LogP contribution in [0.25, 0.3) is 11.1 Å². The number of amides is 1. The van der Waals surface area contributed by atoms with Crippen molar-refractivity contribution in [3.05, 3.63) is 65.2 Å². The molecule has 8 heteroatoms. The van der Waals surface area contributed by atoms with E-state index in [1.165, 1.54) is 13.4 Å². The lowest BCUT2D eigenvalue weighted by atomic mass is 10.0. The van der Waals surface area contributed by atoms with Crippen LogP contribution in [0.2, 0.25) is 5.02 Å². The van der Waals surface area contributed by atoms with Crippen LogP contribution < -0.4 is 19.5 Å². The van der Waals surface area contributed by atoms with Gasteiger partial charge in [-0.3, -0.25) is 4.79 Å². The van der Waals surface area contributed by atoms with Crippen LogP contribution in [0.15, 0.2) is 49.1 Å². The Kier molecular flexibility index (Phi) is 5.72. The molecule has 3 aromatic rings. The van der Waals surface area contributed by atoms with E-state index < -0.39 is 0 Å². The summed E-state index contributed by atoms with van der Waals surface area (Å²) >= 11 is 6.43. The van der Waals surface area contributed by atoms with Gasteiger partial charge in [0.15, 0.2) is 11.5 Å².